The third kappa shape index (κ3) is 4.69. The van der Waals surface area contributed by atoms with E-state index < -0.39 is 9.84 Å². The normalized spacial score (nSPS) is 11.3. The Labute approximate surface area is 66.5 Å². The quantitative estimate of drug-likeness (QED) is 0.625. The van der Waals surface area contributed by atoms with E-state index in [9.17, 15) is 8.42 Å². The maximum Gasteiger partial charge on any atom is 0.156 e. The molecule has 0 aromatic heterocycles. The smallest absolute Gasteiger partial charge is 0.156 e. The Morgan fingerprint density at radius 2 is 2.10 bits per heavy atom. The molecular formula is C5H11NO2S2. The zero-order chi connectivity index (χ0) is 8.20. The molecule has 0 aliphatic carbocycles. The highest BCUT2D eigenvalue weighted by atomic mass is 32.2. The fourth-order valence-electron chi connectivity index (χ4n) is 0.600. The molecule has 0 saturated heterocycles. The highest BCUT2D eigenvalue weighted by Crippen LogP contribution is 1.92. The second kappa shape index (κ2) is 3.88. The van der Waals surface area contributed by atoms with E-state index in [2.05, 4.69) is 12.2 Å². The van der Waals surface area contributed by atoms with E-state index in [1.165, 1.54) is 0 Å². The van der Waals surface area contributed by atoms with Gasteiger partial charge in [-0.1, -0.05) is 19.1 Å². The topological polar surface area (TPSA) is 60.2 Å². The molecule has 0 rings (SSSR count). The summed E-state index contributed by atoms with van der Waals surface area (Å²) in [5, 5.41) is 0. The highest BCUT2D eigenvalue weighted by molar-refractivity contribution is 7.93. The lowest BCUT2D eigenvalue weighted by Gasteiger charge is -1.98. The molecule has 0 aromatic rings. The van der Waals surface area contributed by atoms with E-state index in [1.807, 2.05) is 0 Å². The van der Waals surface area contributed by atoms with Crippen LogP contribution < -0.4 is 5.73 Å². The minimum atomic E-state index is -3.00. The summed E-state index contributed by atoms with van der Waals surface area (Å²) in [6.07, 6.45) is 0.616. The van der Waals surface area contributed by atoms with Crippen LogP contribution in [-0.4, -0.2) is 24.9 Å². The fourth-order valence-corrected chi connectivity index (χ4v) is 2.34. The lowest BCUT2D eigenvalue weighted by molar-refractivity contribution is 0.598. The van der Waals surface area contributed by atoms with Gasteiger partial charge < -0.3 is 5.73 Å². The van der Waals surface area contributed by atoms with E-state index in [0.717, 1.165) is 0 Å². The molecule has 0 fully saturated rings. The maximum absolute atomic E-state index is 10.9. The average Bonchev–Trinajstić information content (AvgIpc) is 1.59. The van der Waals surface area contributed by atoms with E-state index in [0.29, 0.717) is 6.42 Å². The molecule has 0 aromatic carbocycles. The van der Waals surface area contributed by atoms with Crippen molar-refractivity contribution in [3.8, 4) is 0 Å². The summed E-state index contributed by atoms with van der Waals surface area (Å²) in [6.45, 7) is 1.80. The van der Waals surface area contributed by atoms with Crippen molar-refractivity contribution in [2.45, 2.75) is 13.3 Å². The van der Waals surface area contributed by atoms with Gasteiger partial charge >= 0.3 is 0 Å². The van der Waals surface area contributed by atoms with E-state index in [-0.39, 0.29) is 16.5 Å². The van der Waals surface area contributed by atoms with Crippen LogP contribution in [0.1, 0.15) is 13.3 Å². The number of hydrogen-bond acceptors (Lipinski definition) is 3. The summed E-state index contributed by atoms with van der Waals surface area (Å²) >= 11 is 4.46. The van der Waals surface area contributed by atoms with E-state index >= 15 is 0 Å². The van der Waals surface area contributed by atoms with Crippen LogP contribution in [0, 0.1) is 0 Å². The molecule has 0 radical (unpaired) electrons. The Bertz CT molecular complexity index is 208. The third-order valence-corrected chi connectivity index (χ3v) is 2.99. The molecule has 0 bridgehead atoms. The van der Waals surface area contributed by atoms with Crippen LogP contribution in [0.5, 0.6) is 0 Å². The number of hydrogen-bond donors (Lipinski definition) is 1. The van der Waals surface area contributed by atoms with Crippen molar-refractivity contribution < 1.29 is 8.42 Å². The van der Waals surface area contributed by atoms with Crippen LogP contribution in [-0.2, 0) is 9.84 Å². The minimum Gasteiger partial charge on any atom is -0.392 e. The summed E-state index contributed by atoms with van der Waals surface area (Å²) in [5.74, 6) is 0.0144. The van der Waals surface area contributed by atoms with Gasteiger partial charge in [-0.3, -0.25) is 0 Å². The van der Waals surface area contributed by atoms with Gasteiger partial charge in [0.1, 0.15) is 5.75 Å². The van der Waals surface area contributed by atoms with Gasteiger partial charge in [0, 0.05) is 0 Å². The van der Waals surface area contributed by atoms with Crippen molar-refractivity contribution in [2.75, 3.05) is 11.5 Å². The molecule has 10 heavy (non-hydrogen) atoms. The molecular weight excluding hydrogens is 170 g/mol. The predicted molar refractivity (Wildman–Crippen MR) is 45.7 cm³/mol. The first-order valence-corrected chi connectivity index (χ1v) is 5.19. The van der Waals surface area contributed by atoms with Gasteiger partial charge in [0.2, 0.25) is 0 Å². The van der Waals surface area contributed by atoms with Crippen molar-refractivity contribution in [3.63, 3.8) is 0 Å². The van der Waals surface area contributed by atoms with Crippen LogP contribution in [0.4, 0.5) is 0 Å². The molecule has 0 saturated carbocycles. The van der Waals surface area contributed by atoms with Crippen LogP contribution in [0.3, 0.4) is 0 Å². The van der Waals surface area contributed by atoms with Gasteiger partial charge in [0.15, 0.2) is 9.84 Å². The average molecular weight is 181 g/mol. The Balaban J connectivity index is 4.02. The standard InChI is InChI=1S/C5H11NO2S2/c1-2-3-10(7,8)4-5(6)9/h2-4H2,1H3,(H2,6,9). The fraction of sp³-hybridized carbons (Fsp3) is 0.800. The molecule has 0 heterocycles. The van der Waals surface area contributed by atoms with Gasteiger partial charge in [0.05, 0.1) is 10.7 Å². The SMILES string of the molecule is CCCS(=O)(=O)CC(N)=S. The first kappa shape index (κ1) is 9.84. The lowest BCUT2D eigenvalue weighted by atomic mass is 10.6. The molecule has 2 N–H and O–H groups in total. The molecule has 60 valence electrons. The van der Waals surface area contributed by atoms with E-state index in [1.54, 1.807) is 6.92 Å². The van der Waals surface area contributed by atoms with Gasteiger partial charge in [0.25, 0.3) is 0 Å². The zero-order valence-corrected chi connectivity index (χ0v) is 7.46. The first-order valence-electron chi connectivity index (χ1n) is 2.96. The number of rotatable bonds is 4. The number of nitrogens with two attached hydrogens (primary N) is 1. The predicted octanol–water partition coefficient (Wildman–Crippen LogP) is 0.0973. The van der Waals surface area contributed by atoms with Crippen molar-refractivity contribution >= 4 is 27.0 Å². The molecule has 3 nitrogen and oxygen atoms in total. The van der Waals surface area contributed by atoms with Crippen molar-refractivity contribution in [2.24, 2.45) is 5.73 Å². The van der Waals surface area contributed by atoms with E-state index in [4.69, 9.17) is 5.73 Å². The Morgan fingerprint density at radius 1 is 1.60 bits per heavy atom. The summed E-state index contributed by atoms with van der Waals surface area (Å²) < 4.78 is 21.7. The summed E-state index contributed by atoms with van der Waals surface area (Å²) in [4.78, 5) is 0.0495. The maximum atomic E-state index is 10.9. The summed E-state index contributed by atoms with van der Waals surface area (Å²) in [6, 6.07) is 0. The molecule has 0 amide bonds. The Morgan fingerprint density at radius 3 is 2.40 bits per heavy atom. The monoisotopic (exact) mass is 181 g/mol. The number of sulfone groups is 1. The second-order valence-corrected chi connectivity index (χ2v) is 4.77. The van der Waals surface area contributed by atoms with Crippen molar-refractivity contribution in [3.05, 3.63) is 0 Å². The molecule has 0 aliphatic heterocycles. The van der Waals surface area contributed by atoms with Gasteiger partial charge in [-0.05, 0) is 6.42 Å². The number of thiocarbonyl (C=S) groups is 1. The third-order valence-electron chi connectivity index (χ3n) is 0.877. The molecule has 0 spiro atoms. The van der Waals surface area contributed by atoms with Crippen LogP contribution >= 0.6 is 12.2 Å². The largest absolute Gasteiger partial charge is 0.392 e. The Kier molecular flexibility index (Phi) is 3.81. The first-order chi connectivity index (χ1) is 4.48. The van der Waals surface area contributed by atoms with Gasteiger partial charge in [-0.15, -0.1) is 0 Å². The summed E-state index contributed by atoms with van der Waals surface area (Å²) in [5.41, 5.74) is 5.06. The Hall–Kier alpha value is -0.160. The zero-order valence-electron chi connectivity index (χ0n) is 5.83. The van der Waals surface area contributed by atoms with Gasteiger partial charge in [-0.25, -0.2) is 8.42 Å². The molecule has 0 unspecified atom stereocenters. The van der Waals surface area contributed by atoms with Gasteiger partial charge in [-0.2, -0.15) is 0 Å². The van der Waals surface area contributed by atoms with Crippen LogP contribution in [0.2, 0.25) is 0 Å². The van der Waals surface area contributed by atoms with Crippen molar-refractivity contribution in [1.82, 2.24) is 0 Å². The summed E-state index contributed by atoms with van der Waals surface area (Å²) in [7, 11) is -3.00. The highest BCUT2D eigenvalue weighted by Gasteiger charge is 2.09. The van der Waals surface area contributed by atoms with Crippen molar-refractivity contribution in [1.29, 1.82) is 0 Å². The lowest BCUT2D eigenvalue weighted by Crippen LogP contribution is -2.23. The molecule has 5 heteroatoms. The van der Waals surface area contributed by atoms with Crippen LogP contribution in [0.25, 0.3) is 0 Å². The molecule has 0 aliphatic rings. The minimum absolute atomic E-state index is 0.0495. The second-order valence-electron chi connectivity index (χ2n) is 2.06. The molecule has 0 atom stereocenters. The van der Waals surface area contributed by atoms with Crippen LogP contribution in [0.15, 0.2) is 0 Å².